The Kier molecular flexibility index (Phi) is 7.46. The molecule has 2 aromatic rings. The van der Waals surface area contributed by atoms with Gasteiger partial charge < -0.3 is 11.1 Å². The summed E-state index contributed by atoms with van der Waals surface area (Å²) in [5.41, 5.74) is 6.45. The molecule has 0 bridgehead atoms. The number of nitrogens with one attached hydrogen (secondary N) is 2. The first-order chi connectivity index (χ1) is 12.8. The molecule has 0 saturated heterocycles. The maximum Gasteiger partial charge on any atom is 0.244 e. The minimum absolute atomic E-state index is 0.0898. The molecule has 0 aliphatic rings. The Bertz CT molecular complexity index is 858. The van der Waals surface area contributed by atoms with Gasteiger partial charge in [0.1, 0.15) is 16.8 Å². The van der Waals surface area contributed by atoms with E-state index in [1.807, 2.05) is 13.0 Å². The van der Waals surface area contributed by atoms with Crippen LogP contribution in [-0.4, -0.2) is 33.0 Å². The maximum absolute atomic E-state index is 13.9. The third-order valence-corrected chi connectivity index (χ3v) is 5.43. The molecule has 0 heterocycles. The molecule has 0 saturated carbocycles. The van der Waals surface area contributed by atoms with Gasteiger partial charge in [0, 0.05) is 12.6 Å². The Hall–Kier alpha value is -2.29. The minimum atomic E-state index is -4.21. The average Bonchev–Trinajstić information content (AvgIpc) is 2.61. The van der Waals surface area contributed by atoms with Crippen LogP contribution in [0.1, 0.15) is 18.9 Å². The van der Waals surface area contributed by atoms with E-state index < -0.39 is 32.7 Å². The number of nitrogens with two attached hydrogens (primary N) is 1. The van der Waals surface area contributed by atoms with Crippen LogP contribution >= 0.6 is 0 Å². The fourth-order valence-corrected chi connectivity index (χ4v) is 3.77. The second kappa shape index (κ2) is 9.59. The average molecular weight is 393 g/mol. The summed E-state index contributed by atoms with van der Waals surface area (Å²) in [6.07, 6.45) is 0.697. The summed E-state index contributed by atoms with van der Waals surface area (Å²) in [6, 6.07) is 12.9. The zero-order valence-corrected chi connectivity index (χ0v) is 15.9. The molecule has 2 aromatic carbocycles. The van der Waals surface area contributed by atoms with Crippen LogP contribution in [0.15, 0.2) is 59.5 Å². The lowest BCUT2D eigenvalue weighted by Gasteiger charge is -2.19. The highest BCUT2D eigenvalue weighted by molar-refractivity contribution is 7.89. The summed E-state index contributed by atoms with van der Waals surface area (Å²) in [5.74, 6) is -1.36. The highest BCUT2D eigenvalue weighted by Crippen LogP contribution is 2.15. The fourth-order valence-electron chi connectivity index (χ4n) is 2.50. The van der Waals surface area contributed by atoms with E-state index in [0.29, 0.717) is 13.0 Å². The van der Waals surface area contributed by atoms with Crippen LogP contribution in [0.3, 0.4) is 0 Å². The van der Waals surface area contributed by atoms with Crippen molar-refractivity contribution in [2.24, 2.45) is 5.73 Å². The molecular weight excluding hydrogens is 369 g/mol. The number of benzene rings is 2. The molecule has 2 unspecified atom stereocenters. The number of carbonyl (C=O) groups is 1. The molecule has 6 nitrogen and oxygen atoms in total. The van der Waals surface area contributed by atoms with Gasteiger partial charge >= 0.3 is 0 Å². The van der Waals surface area contributed by atoms with E-state index >= 15 is 0 Å². The predicted molar refractivity (Wildman–Crippen MR) is 102 cm³/mol. The van der Waals surface area contributed by atoms with Crippen molar-refractivity contribution in [1.29, 1.82) is 0 Å². The molecule has 0 aromatic heterocycles. The van der Waals surface area contributed by atoms with Crippen molar-refractivity contribution < 1.29 is 17.6 Å². The molecule has 146 valence electrons. The molecular formula is C19H24FN3O3S. The van der Waals surface area contributed by atoms with Gasteiger partial charge in [-0.25, -0.2) is 12.8 Å². The lowest BCUT2D eigenvalue weighted by molar-refractivity contribution is -0.122. The Morgan fingerprint density at radius 3 is 2.37 bits per heavy atom. The summed E-state index contributed by atoms with van der Waals surface area (Å²) >= 11 is 0. The Morgan fingerprint density at radius 2 is 1.74 bits per heavy atom. The first-order valence-electron chi connectivity index (χ1n) is 8.63. The summed E-state index contributed by atoms with van der Waals surface area (Å²) in [6.45, 7) is 2.14. The second-order valence-electron chi connectivity index (χ2n) is 6.35. The van der Waals surface area contributed by atoms with E-state index in [2.05, 4.69) is 10.0 Å². The lowest BCUT2D eigenvalue weighted by Crippen LogP contribution is -2.48. The van der Waals surface area contributed by atoms with Crippen molar-refractivity contribution in [3.05, 3.63) is 66.0 Å². The van der Waals surface area contributed by atoms with Crippen LogP contribution in [0.5, 0.6) is 0 Å². The smallest absolute Gasteiger partial charge is 0.244 e. The topological polar surface area (TPSA) is 101 Å². The number of halogens is 1. The van der Waals surface area contributed by atoms with E-state index in [4.69, 9.17) is 5.73 Å². The summed E-state index contributed by atoms with van der Waals surface area (Å²) in [4.78, 5) is 12.1. The van der Waals surface area contributed by atoms with Gasteiger partial charge in [-0.2, -0.15) is 4.72 Å². The molecule has 0 aliphatic heterocycles. The molecule has 27 heavy (non-hydrogen) atoms. The standard InChI is InChI=1S/C19H24FN3O3S/c1-14(21)11-12-22-19(24)17(13-15-7-3-2-4-8-15)23-27(25,26)18-10-6-5-9-16(18)20/h2-10,14,17,23H,11-13,21H2,1H3,(H,22,24). The normalized spacial score (nSPS) is 13.7. The van der Waals surface area contributed by atoms with Gasteiger partial charge in [0.05, 0.1) is 0 Å². The van der Waals surface area contributed by atoms with Gasteiger partial charge in [-0.3, -0.25) is 4.79 Å². The molecule has 4 N–H and O–H groups in total. The van der Waals surface area contributed by atoms with Gasteiger partial charge in [0.15, 0.2) is 0 Å². The zero-order chi connectivity index (χ0) is 19.9. The molecule has 1 amide bonds. The highest BCUT2D eigenvalue weighted by atomic mass is 32.2. The quantitative estimate of drug-likeness (QED) is 0.602. The van der Waals surface area contributed by atoms with Gasteiger partial charge in [-0.05, 0) is 37.5 Å². The predicted octanol–water partition coefficient (Wildman–Crippen LogP) is 1.57. The maximum atomic E-state index is 13.9. The summed E-state index contributed by atoms with van der Waals surface area (Å²) in [5, 5.41) is 2.68. The highest BCUT2D eigenvalue weighted by Gasteiger charge is 2.27. The van der Waals surface area contributed by atoms with Crippen molar-refractivity contribution in [2.75, 3.05) is 6.54 Å². The zero-order valence-electron chi connectivity index (χ0n) is 15.1. The van der Waals surface area contributed by atoms with Crippen molar-refractivity contribution in [2.45, 2.75) is 36.7 Å². The molecule has 2 rings (SSSR count). The second-order valence-corrected chi connectivity index (χ2v) is 8.03. The van der Waals surface area contributed by atoms with Crippen molar-refractivity contribution in [3.63, 3.8) is 0 Å². The van der Waals surface area contributed by atoms with Crippen LogP contribution in [0.4, 0.5) is 4.39 Å². The van der Waals surface area contributed by atoms with Gasteiger partial charge in [-0.1, -0.05) is 42.5 Å². The van der Waals surface area contributed by atoms with E-state index in [1.54, 1.807) is 24.3 Å². The van der Waals surface area contributed by atoms with Crippen LogP contribution in [0, 0.1) is 5.82 Å². The Balaban J connectivity index is 2.20. The molecule has 0 radical (unpaired) electrons. The van der Waals surface area contributed by atoms with Crippen molar-refractivity contribution in [3.8, 4) is 0 Å². The largest absolute Gasteiger partial charge is 0.355 e. The van der Waals surface area contributed by atoms with Crippen LogP contribution in [0.25, 0.3) is 0 Å². The molecule has 0 fully saturated rings. The third kappa shape index (κ3) is 6.42. The van der Waals surface area contributed by atoms with Gasteiger partial charge in [-0.15, -0.1) is 0 Å². The summed E-state index contributed by atoms with van der Waals surface area (Å²) < 4.78 is 41.4. The number of amides is 1. The first kappa shape index (κ1) is 21.0. The van der Waals surface area contributed by atoms with E-state index in [0.717, 1.165) is 17.7 Å². The monoisotopic (exact) mass is 393 g/mol. The van der Waals surface area contributed by atoms with Crippen molar-refractivity contribution in [1.82, 2.24) is 10.0 Å². The molecule has 0 aliphatic carbocycles. The van der Waals surface area contributed by atoms with Crippen molar-refractivity contribution >= 4 is 15.9 Å². The van der Waals surface area contributed by atoms with Crippen LogP contribution in [-0.2, 0) is 21.2 Å². The number of carbonyl (C=O) groups excluding carboxylic acids is 1. The number of hydrogen-bond acceptors (Lipinski definition) is 4. The minimum Gasteiger partial charge on any atom is -0.355 e. The Labute approximate surface area is 159 Å². The number of rotatable bonds is 9. The lowest BCUT2D eigenvalue weighted by atomic mass is 10.1. The summed E-state index contributed by atoms with van der Waals surface area (Å²) in [7, 11) is -4.21. The van der Waals surface area contributed by atoms with Crippen LogP contribution in [0.2, 0.25) is 0 Å². The van der Waals surface area contributed by atoms with Gasteiger partial charge in [0.2, 0.25) is 15.9 Å². The third-order valence-electron chi connectivity index (χ3n) is 3.92. The van der Waals surface area contributed by atoms with E-state index in [1.165, 1.54) is 12.1 Å². The Morgan fingerprint density at radius 1 is 1.11 bits per heavy atom. The van der Waals surface area contributed by atoms with E-state index in [-0.39, 0.29) is 12.5 Å². The van der Waals surface area contributed by atoms with Crippen LogP contribution < -0.4 is 15.8 Å². The number of sulfonamides is 1. The number of hydrogen-bond donors (Lipinski definition) is 3. The molecule has 8 heteroatoms. The fraction of sp³-hybridized carbons (Fsp3) is 0.316. The van der Waals surface area contributed by atoms with E-state index in [9.17, 15) is 17.6 Å². The molecule has 2 atom stereocenters. The SMILES string of the molecule is CC(N)CCNC(=O)C(Cc1ccccc1)NS(=O)(=O)c1ccccc1F. The van der Waals surface area contributed by atoms with Gasteiger partial charge in [0.25, 0.3) is 0 Å². The molecule has 0 spiro atoms. The first-order valence-corrected chi connectivity index (χ1v) is 10.1.